The van der Waals surface area contributed by atoms with Gasteiger partial charge in [-0.1, -0.05) is 6.92 Å². The van der Waals surface area contributed by atoms with Gasteiger partial charge in [-0.3, -0.25) is 4.79 Å². The van der Waals surface area contributed by atoms with E-state index >= 15 is 0 Å². The van der Waals surface area contributed by atoms with Gasteiger partial charge in [0, 0.05) is 43.4 Å². The van der Waals surface area contributed by atoms with Crippen LogP contribution in [0.25, 0.3) is 0 Å². The van der Waals surface area contributed by atoms with E-state index in [2.05, 4.69) is 27.1 Å². The number of hydrogen-bond donors (Lipinski definition) is 2. The number of amides is 1. The normalized spacial score (nSPS) is 23.2. The number of nitrogens with zero attached hydrogens (tertiary/aromatic N) is 2. The van der Waals surface area contributed by atoms with Crippen molar-refractivity contribution in [2.75, 3.05) is 19.6 Å². The summed E-state index contributed by atoms with van der Waals surface area (Å²) in [7, 11) is 0. The van der Waals surface area contributed by atoms with Crippen LogP contribution in [0.3, 0.4) is 0 Å². The highest BCUT2D eigenvalue weighted by atomic mass is 16.1. The highest BCUT2D eigenvalue weighted by Gasteiger charge is 2.33. The molecule has 0 aliphatic carbocycles. The van der Waals surface area contributed by atoms with Crippen molar-refractivity contribution in [2.24, 2.45) is 0 Å². The molecule has 0 bridgehead atoms. The fourth-order valence-corrected chi connectivity index (χ4v) is 2.54. The Balaban J connectivity index is 2.01. The molecular formula is C13H22N4O. The van der Waals surface area contributed by atoms with Gasteiger partial charge in [0.15, 0.2) is 0 Å². The summed E-state index contributed by atoms with van der Waals surface area (Å²) in [6.45, 7) is 7.63. The first kappa shape index (κ1) is 13.1. The number of aromatic nitrogens is 2. The standard InChI is InChI=1S/C13H22N4O/c1-3-16-12(18)4-7-17-10-15-8-11(17)13(2)5-6-14-9-13/h8,10,14H,3-7,9H2,1-2H3,(H,16,18). The zero-order valence-corrected chi connectivity index (χ0v) is 11.2. The first-order valence-corrected chi connectivity index (χ1v) is 6.64. The van der Waals surface area contributed by atoms with Crippen LogP contribution >= 0.6 is 0 Å². The third kappa shape index (κ3) is 2.72. The lowest BCUT2D eigenvalue weighted by Crippen LogP contribution is -2.29. The lowest BCUT2D eigenvalue weighted by Gasteiger charge is -2.24. The maximum atomic E-state index is 11.5. The van der Waals surface area contributed by atoms with E-state index in [1.165, 1.54) is 5.69 Å². The van der Waals surface area contributed by atoms with Crippen molar-refractivity contribution in [3.8, 4) is 0 Å². The second kappa shape index (κ2) is 5.52. The summed E-state index contributed by atoms with van der Waals surface area (Å²) in [5.74, 6) is 0.104. The highest BCUT2D eigenvalue weighted by molar-refractivity contribution is 5.75. The molecule has 1 fully saturated rings. The Bertz CT molecular complexity index is 407. The van der Waals surface area contributed by atoms with E-state index in [1.807, 2.05) is 19.4 Å². The fourth-order valence-electron chi connectivity index (χ4n) is 2.54. The van der Waals surface area contributed by atoms with E-state index in [1.54, 1.807) is 0 Å². The molecule has 5 nitrogen and oxygen atoms in total. The van der Waals surface area contributed by atoms with Gasteiger partial charge in [0.25, 0.3) is 0 Å². The van der Waals surface area contributed by atoms with Crippen molar-refractivity contribution in [1.82, 2.24) is 20.2 Å². The van der Waals surface area contributed by atoms with Crippen molar-refractivity contribution < 1.29 is 4.79 Å². The van der Waals surface area contributed by atoms with E-state index in [4.69, 9.17) is 0 Å². The van der Waals surface area contributed by atoms with E-state index < -0.39 is 0 Å². The summed E-state index contributed by atoms with van der Waals surface area (Å²) >= 11 is 0. The third-order valence-electron chi connectivity index (χ3n) is 3.65. The van der Waals surface area contributed by atoms with Gasteiger partial charge in [0.05, 0.1) is 6.33 Å². The monoisotopic (exact) mass is 250 g/mol. The zero-order valence-electron chi connectivity index (χ0n) is 11.2. The molecule has 5 heteroatoms. The Morgan fingerprint density at radius 1 is 1.67 bits per heavy atom. The minimum absolute atomic E-state index is 0.104. The summed E-state index contributed by atoms with van der Waals surface area (Å²) in [4.78, 5) is 15.7. The summed E-state index contributed by atoms with van der Waals surface area (Å²) < 4.78 is 2.11. The van der Waals surface area contributed by atoms with Gasteiger partial charge in [-0.25, -0.2) is 4.98 Å². The molecule has 0 aromatic carbocycles. The highest BCUT2D eigenvalue weighted by Crippen LogP contribution is 2.29. The summed E-state index contributed by atoms with van der Waals surface area (Å²) in [6, 6.07) is 0. The molecule has 1 atom stereocenters. The lowest BCUT2D eigenvalue weighted by molar-refractivity contribution is -0.121. The zero-order chi connectivity index (χ0) is 13.0. The molecule has 1 unspecified atom stereocenters. The molecule has 0 saturated carbocycles. The van der Waals surface area contributed by atoms with Crippen molar-refractivity contribution in [1.29, 1.82) is 0 Å². The number of nitrogens with one attached hydrogen (secondary N) is 2. The summed E-state index contributed by atoms with van der Waals surface area (Å²) in [5.41, 5.74) is 1.38. The number of aryl methyl sites for hydroxylation is 1. The maximum Gasteiger partial charge on any atom is 0.221 e. The quantitative estimate of drug-likeness (QED) is 0.807. The molecule has 1 aromatic rings. The van der Waals surface area contributed by atoms with Crippen LogP contribution in [0, 0.1) is 0 Å². The van der Waals surface area contributed by atoms with Gasteiger partial charge in [0.1, 0.15) is 0 Å². The predicted octanol–water partition coefficient (Wildman–Crippen LogP) is 0.660. The molecule has 1 amide bonds. The van der Waals surface area contributed by atoms with Crippen molar-refractivity contribution in [3.05, 3.63) is 18.2 Å². The Kier molecular flexibility index (Phi) is 4.01. The van der Waals surface area contributed by atoms with E-state index in [9.17, 15) is 4.79 Å². The number of hydrogen-bond acceptors (Lipinski definition) is 3. The average Bonchev–Trinajstić information content (AvgIpc) is 2.96. The molecule has 0 spiro atoms. The minimum Gasteiger partial charge on any atom is -0.356 e. The van der Waals surface area contributed by atoms with Crippen molar-refractivity contribution in [3.63, 3.8) is 0 Å². The van der Waals surface area contributed by atoms with Crippen LogP contribution in [-0.4, -0.2) is 35.1 Å². The van der Waals surface area contributed by atoms with Gasteiger partial charge in [-0.05, 0) is 19.9 Å². The summed E-state index contributed by atoms with van der Waals surface area (Å²) in [6.07, 6.45) is 5.41. The molecule has 1 aromatic heterocycles. The predicted molar refractivity (Wildman–Crippen MR) is 70.4 cm³/mol. The molecular weight excluding hydrogens is 228 g/mol. The molecule has 2 rings (SSSR count). The van der Waals surface area contributed by atoms with Gasteiger partial charge in [0.2, 0.25) is 5.91 Å². The number of carbonyl (C=O) groups is 1. The van der Waals surface area contributed by atoms with Gasteiger partial charge >= 0.3 is 0 Å². The number of rotatable bonds is 5. The van der Waals surface area contributed by atoms with Crippen LogP contribution in [0.5, 0.6) is 0 Å². The van der Waals surface area contributed by atoms with Crippen LogP contribution in [0.15, 0.2) is 12.5 Å². The van der Waals surface area contributed by atoms with Gasteiger partial charge in [-0.15, -0.1) is 0 Å². The molecule has 2 N–H and O–H groups in total. The molecule has 2 heterocycles. The van der Waals surface area contributed by atoms with E-state index in [0.29, 0.717) is 19.5 Å². The van der Waals surface area contributed by atoms with Crippen molar-refractivity contribution >= 4 is 5.91 Å². The Labute approximate surface area is 108 Å². The van der Waals surface area contributed by atoms with Gasteiger partial charge in [-0.2, -0.15) is 0 Å². The number of carbonyl (C=O) groups excluding carboxylic acids is 1. The molecule has 100 valence electrons. The van der Waals surface area contributed by atoms with Crippen LogP contribution in [0.2, 0.25) is 0 Å². The second-order valence-corrected chi connectivity index (χ2v) is 5.16. The average molecular weight is 250 g/mol. The smallest absolute Gasteiger partial charge is 0.221 e. The minimum atomic E-state index is 0.104. The van der Waals surface area contributed by atoms with E-state index in [-0.39, 0.29) is 11.3 Å². The largest absolute Gasteiger partial charge is 0.356 e. The van der Waals surface area contributed by atoms with Crippen LogP contribution < -0.4 is 10.6 Å². The van der Waals surface area contributed by atoms with Crippen LogP contribution in [0.1, 0.15) is 32.4 Å². The molecule has 0 radical (unpaired) electrons. The van der Waals surface area contributed by atoms with Crippen molar-refractivity contribution in [2.45, 2.75) is 38.6 Å². The third-order valence-corrected chi connectivity index (χ3v) is 3.65. The lowest BCUT2D eigenvalue weighted by atomic mass is 9.86. The Morgan fingerprint density at radius 2 is 2.50 bits per heavy atom. The van der Waals surface area contributed by atoms with Gasteiger partial charge < -0.3 is 15.2 Å². The molecule has 1 aliphatic rings. The topological polar surface area (TPSA) is 59.0 Å². The second-order valence-electron chi connectivity index (χ2n) is 5.16. The van der Waals surface area contributed by atoms with Crippen LogP contribution in [0.4, 0.5) is 0 Å². The maximum absolute atomic E-state index is 11.5. The molecule has 1 aliphatic heterocycles. The Hall–Kier alpha value is -1.36. The van der Waals surface area contributed by atoms with E-state index in [0.717, 1.165) is 19.5 Å². The first-order valence-electron chi connectivity index (χ1n) is 6.64. The number of imidazole rings is 1. The fraction of sp³-hybridized carbons (Fsp3) is 0.692. The Morgan fingerprint density at radius 3 is 3.17 bits per heavy atom. The van der Waals surface area contributed by atoms with Crippen LogP contribution in [-0.2, 0) is 16.8 Å². The summed E-state index contributed by atoms with van der Waals surface area (Å²) in [5, 5.41) is 6.21. The molecule has 1 saturated heterocycles. The SMILES string of the molecule is CCNC(=O)CCn1cncc1C1(C)CCNC1. The first-order chi connectivity index (χ1) is 8.65. The molecule has 18 heavy (non-hydrogen) atoms.